The Kier molecular flexibility index (Phi) is 7.83. The van der Waals surface area contributed by atoms with Crippen LogP contribution in [0, 0.1) is 0 Å². The Balaban J connectivity index is 2.17. The van der Waals surface area contributed by atoms with Crippen molar-refractivity contribution in [1.29, 1.82) is 0 Å². The lowest BCUT2D eigenvalue weighted by Crippen LogP contribution is -2.14. The highest BCUT2D eigenvalue weighted by atomic mass is 79.9. The van der Waals surface area contributed by atoms with Crippen molar-refractivity contribution >= 4 is 43.2 Å². The molecule has 0 aliphatic rings. The smallest absolute Gasteiger partial charge is 0.261 e. The SMILES string of the molecule is C/C=C/C=C/C(=O)Nc1cccc(S(=O)(=O)Nc2ccc(OCC)c(Br)c2)c1. The van der Waals surface area contributed by atoms with Crippen LogP contribution in [0.3, 0.4) is 0 Å². The first-order valence-corrected chi connectivity index (χ1v) is 10.8. The second-order valence-corrected chi connectivity index (χ2v) is 8.12. The quantitative estimate of drug-likeness (QED) is 0.437. The fraction of sp³-hybridized carbons (Fsp3) is 0.150. The van der Waals surface area contributed by atoms with Crippen molar-refractivity contribution < 1.29 is 17.9 Å². The normalized spacial score (nSPS) is 11.7. The van der Waals surface area contributed by atoms with Gasteiger partial charge in [0.1, 0.15) is 5.75 Å². The molecule has 0 radical (unpaired) electrons. The van der Waals surface area contributed by atoms with E-state index in [1.54, 1.807) is 48.6 Å². The second kappa shape index (κ2) is 10.1. The van der Waals surface area contributed by atoms with Gasteiger partial charge in [0.25, 0.3) is 10.0 Å². The topological polar surface area (TPSA) is 84.5 Å². The summed E-state index contributed by atoms with van der Waals surface area (Å²) in [6, 6.07) is 11.0. The summed E-state index contributed by atoms with van der Waals surface area (Å²) < 4.78 is 33.9. The maximum absolute atomic E-state index is 12.7. The van der Waals surface area contributed by atoms with E-state index < -0.39 is 10.0 Å². The van der Waals surface area contributed by atoms with E-state index in [-0.39, 0.29) is 10.8 Å². The minimum absolute atomic E-state index is 0.0349. The summed E-state index contributed by atoms with van der Waals surface area (Å²) in [7, 11) is -3.83. The number of rotatable bonds is 8. The van der Waals surface area contributed by atoms with Gasteiger partial charge in [0.05, 0.1) is 21.7 Å². The van der Waals surface area contributed by atoms with Crippen molar-refractivity contribution in [3.8, 4) is 5.75 Å². The molecule has 8 heteroatoms. The van der Waals surface area contributed by atoms with Gasteiger partial charge in [-0.15, -0.1) is 0 Å². The maximum atomic E-state index is 12.7. The number of hydrogen-bond donors (Lipinski definition) is 2. The van der Waals surface area contributed by atoms with Crippen LogP contribution < -0.4 is 14.8 Å². The molecule has 6 nitrogen and oxygen atoms in total. The Morgan fingerprint density at radius 2 is 1.93 bits per heavy atom. The summed E-state index contributed by atoms with van der Waals surface area (Å²) in [5.41, 5.74) is 0.768. The van der Waals surface area contributed by atoms with Gasteiger partial charge in [-0.3, -0.25) is 9.52 Å². The average Bonchev–Trinajstić information content (AvgIpc) is 2.64. The Hall–Kier alpha value is -2.58. The zero-order valence-electron chi connectivity index (χ0n) is 15.5. The molecule has 0 bridgehead atoms. The van der Waals surface area contributed by atoms with Crippen molar-refractivity contribution in [2.75, 3.05) is 16.6 Å². The molecule has 28 heavy (non-hydrogen) atoms. The average molecular weight is 465 g/mol. The number of amides is 1. The summed E-state index contributed by atoms with van der Waals surface area (Å²) in [4.78, 5) is 11.9. The standard InChI is InChI=1S/C20H21BrN2O4S/c1-3-5-6-10-20(24)22-15-8-7-9-17(13-15)28(25,26)23-16-11-12-19(27-4-2)18(21)14-16/h3,5-14,23H,4H2,1-2H3,(H,22,24)/b5-3+,10-6+. The van der Waals surface area contributed by atoms with E-state index in [4.69, 9.17) is 4.74 Å². The molecule has 0 unspecified atom stereocenters. The molecular weight excluding hydrogens is 444 g/mol. The highest BCUT2D eigenvalue weighted by molar-refractivity contribution is 9.10. The largest absolute Gasteiger partial charge is 0.493 e. The molecule has 0 atom stereocenters. The van der Waals surface area contributed by atoms with Gasteiger partial charge in [-0.1, -0.05) is 24.3 Å². The van der Waals surface area contributed by atoms with Crippen molar-refractivity contribution in [2.45, 2.75) is 18.7 Å². The first kappa shape index (κ1) is 21.7. The lowest BCUT2D eigenvalue weighted by molar-refractivity contribution is -0.111. The molecule has 1 amide bonds. The fourth-order valence-corrected chi connectivity index (χ4v) is 3.82. The van der Waals surface area contributed by atoms with E-state index in [1.165, 1.54) is 18.2 Å². The van der Waals surface area contributed by atoms with Crippen LogP contribution in [-0.2, 0) is 14.8 Å². The van der Waals surface area contributed by atoms with E-state index >= 15 is 0 Å². The minimum Gasteiger partial charge on any atom is -0.493 e. The molecule has 0 aliphatic carbocycles. The predicted octanol–water partition coefficient (Wildman–Crippen LogP) is 4.72. The molecule has 2 aromatic carbocycles. The third-order valence-electron chi connectivity index (χ3n) is 3.45. The van der Waals surface area contributed by atoms with Crippen LogP contribution in [-0.4, -0.2) is 20.9 Å². The molecule has 0 saturated carbocycles. The first-order valence-electron chi connectivity index (χ1n) is 8.51. The first-order chi connectivity index (χ1) is 13.4. The van der Waals surface area contributed by atoms with Crippen LogP contribution in [0.25, 0.3) is 0 Å². The summed E-state index contributed by atoms with van der Waals surface area (Å²) in [6.45, 7) is 4.21. The summed E-state index contributed by atoms with van der Waals surface area (Å²) >= 11 is 3.36. The molecule has 2 N–H and O–H groups in total. The number of nitrogens with one attached hydrogen (secondary N) is 2. The van der Waals surface area contributed by atoms with Crippen LogP contribution in [0.2, 0.25) is 0 Å². The molecule has 0 fully saturated rings. The van der Waals surface area contributed by atoms with E-state index in [2.05, 4.69) is 26.0 Å². The van der Waals surface area contributed by atoms with Crippen molar-refractivity contribution in [3.05, 3.63) is 71.2 Å². The van der Waals surface area contributed by atoms with E-state index in [9.17, 15) is 13.2 Å². The van der Waals surface area contributed by atoms with Gasteiger partial charge in [0, 0.05) is 11.8 Å². The summed E-state index contributed by atoms with van der Waals surface area (Å²) in [5.74, 6) is 0.275. The van der Waals surface area contributed by atoms with Gasteiger partial charge >= 0.3 is 0 Å². The van der Waals surface area contributed by atoms with Gasteiger partial charge in [-0.25, -0.2) is 8.42 Å². The fourth-order valence-electron chi connectivity index (χ4n) is 2.23. The number of anilines is 2. The van der Waals surface area contributed by atoms with Crippen LogP contribution >= 0.6 is 15.9 Å². The van der Waals surface area contributed by atoms with Gasteiger partial charge in [-0.05, 0) is 66.2 Å². The predicted molar refractivity (Wildman–Crippen MR) is 115 cm³/mol. The molecule has 0 spiro atoms. The van der Waals surface area contributed by atoms with Gasteiger partial charge in [0.2, 0.25) is 5.91 Å². The molecule has 0 aliphatic heterocycles. The summed E-state index contributed by atoms with van der Waals surface area (Å²) in [5, 5.41) is 2.63. The zero-order valence-corrected chi connectivity index (χ0v) is 17.9. The Labute approximate surface area is 173 Å². The zero-order chi connectivity index (χ0) is 20.6. The maximum Gasteiger partial charge on any atom is 0.261 e. The molecular formula is C20H21BrN2O4S. The third kappa shape index (κ3) is 6.24. The number of allylic oxidation sites excluding steroid dienone is 3. The van der Waals surface area contributed by atoms with Gasteiger partial charge < -0.3 is 10.1 Å². The molecule has 0 heterocycles. The lowest BCUT2D eigenvalue weighted by Gasteiger charge is -2.12. The number of hydrogen-bond acceptors (Lipinski definition) is 4. The number of ether oxygens (including phenoxy) is 1. The number of carbonyl (C=O) groups excluding carboxylic acids is 1. The molecule has 148 valence electrons. The number of halogens is 1. The van der Waals surface area contributed by atoms with Crippen molar-refractivity contribution in [1.82, 2.24) is 0 Å². The van der Waals surface area contributed by atoms with Crippen molar-refractivity contribution in [2.24, 2.45) is 0 Å². The molecule has 0 aromatic heterocycles. The number of benzene rings is 2. The summed E-state index contributed by atoms with van der Waals surface area (Å²) in [6.07, 6.45) is 6.47. The highest BCUT2D eigenvalue weighted by Gasteiger charge is 2.16. The van der Waals surface area contributed by atoms with Crippen molar-refractivity contribution in [3.63, 3.8) is 0 Å². The Bertz CT molecular complexity index is 1000. The van der Waals surface area contributed by atoms with Gasteiger partial charge in [-0.2, -0.15) is 0 Å². The van der Waals surface area contributed by atoms with E-state index in [0.717, 1.165) is 0 Å². The third-order valence-corrected chi connectivity index (χ3v) is 5.45. The number of sulfonamides is 1. The second-order valence-electron chi connectivity index (χ2n) is 5.59. The molecule has 0 saturated heterocycles. The lowest BCUT2D eigenvalue weighted by atomic mass is 10.3. The molecule has 2 rings (SSSR count). The van der Waals surface area contributed by atoms with E-state index in [1.807, 2.05) is 13.8 Å². The van der Waals surface area contributed by atoms with Crippen LogP contribution in [0.4, 0.5) is 11.4 Å². The number of carbonyl (C=O) groups is 1. The monoisotopic (exact) mass is 464 g/mol. The Morgan fingerprint density at radius 1 is 1.14 bits per heavy atom. The highest BCUT2D eigenvalue weighted by Crippen LogP contribution is 2.29. The van der Waals surface area contributed by atoms with E-state index in [0.29, 0.717) is 28.2 Å². The molecule has 2 aromatic rings. The Morgan fingerprint density at radius 3 is 2.61 bits per heavy atom. The van der Waals surface area contributed by atoms with Crippen LogP contribution in [0.1, 0.15) is 13.8 Å². The van der Waals surface area contributed by atoms with Gasteiger partial charge in [0.15, 0.2) is 0 Å². The minimum atomic E-state index is -3.83. The van der Waals surface area contributed by atoms with Crippen LogP contribution in [0.15, 0.2) is 76.1 Å². The van der Waals surface area contributed by atoms with Crippen LogP contribution in [0.5, 0.6) is 5.75 Å².